The van der Waals surface area contributed by atoms with Gasteiger partial charge in [0.1, 0.15) is 0 Å². The van der Waals surface area contributed by atoms with Crippen LogP contribution in [0.15, 0.2) is 46.5 Å². The molecule has 0 atom stereocenters. The summed E-state index contributed by atoms with van der Waals surface area (Å²) in [5.41, 5.74) is 1.12. The van der Waals surface area contributed by atoms with Gasteiger partial charge < -0.3 is 0 Å². The van der Waals surface area contributed by atoms with Crippen molar-refractivity contribution in [3.63, 3.8) is 0 Å². The number of halogens is 1. The molecule has 0 unspecified atom stereocenters. The van der Waals surface area contributed by atoms with E-state index < -0.39 is 0 Å². The van der Waals surface area contributed by atoms with E-state index in [9.17, 15) is 0 Å². The maximum absolute atomic E-state index is 4.43. The molecule has 3 aromatic rings. The van der Waals surface area contributed by atoms with Gasteiger partial charge in [0.15, 0.2) is 5.82 Å². The fraction of sp³-hybridized carbons (Fsp3) is 0. The Morgan fingerprint density at radius 1 is 1.20 bits per heavy atom. The van der Waals surface area contributed by atoms with Gasteiger partial charge in [-0.05, 0) is 40.2 Å². The second kappa shape index (κ2) is 3.47. The Balaban J connectivity index is 2.27. The number of pyridine rings is 1. The van der Waals surface area contributed by atoms with Crippen LogP contribution in [-0.2, 0) is 0 Å². The van der Waals surface area contributed by atoms with Gasteiger partial charge in [-0.2, -0.15) is 0 Å². The van der Waals surface area contributed by atoms with E-state index in [0.717, 1.165) is 15.1 Å². The van der Waals surface area contributed by atoms with Crippen molar-refractivity contribution in [2.75, 3.05) is 0 Å². The van der Waals surface area contributed by atoms with E-state index >= 15 is 0 Å². The summed E-state index contributed by atoms with van der Waals surface area (Å²) in [5.74, 6) is 1.00. The normalized spacial score (nSPS) is 11.0. The first-order valence-corrected chi connectivity index (χ1v) is 6.13. The molecule has 0 aromatic carbocycles. The predicted octanol–water partition coefficient (Wildman–Crippen LogP) is 3.83. The molecule has 0 spiro atoms. The highest BCUT2D eigenvalue weighted by Crippen LogP contribution is 2.30. The Morgan fingerprint density at radius 3 is 2.93 bits per heavy atom. The van der Waals surface area contributed by atoms with Gasteiger partial charge in [-0.3, -0.25) is 4.40 Å². The monoisotopic (exact) mass is 278 g/mol. The Labute approximate surface area is 99.3 Å². The van der Waals surface area contributed by atoms with E-state index in [0.29, 0.717) is 0 Å². The summed E-state index contributed by atoms with van der Waals surface area (Å²) in [7, 11) is 0. The molecule has 0 bridgehead atoms. The molecule has 4 heteroatoms. The summed E-state index contributed by atoms with van der Waals surface area (Å²) in [6.07, 6.45) is 3.92. The molecule has 0 aliphatic heterocycles. The van der Waals surface area contributed by atoms with Crippen LogP contribution in [0.2, 0.25) is 0 Å². The zero-order valence-corrected chi connectivity index (χ0v) is 10.1. The molecule has 74 valence electrons. The van der Waals surface area contributed by atoms with Crippen LogP contribution < -0.4 is 0 Å². The Bertz CT molecular complexity index is 612. The summed E-state index contributed by atoms with van der Waals surface area (Å²) >= 11 is 5.16. The topological polar surface area (TPSA) is 17.3 Å². The van der Waals surface area contributed by atoms with Gasteiger partial charge in [0.05, 0.1) is 20.4 Å². The zero-order chi connectivity index (χ0) is 10.3. The van der Waals surface area contributed by atoms with Crippen molar-refractivity contribution in [3.8, 4) is 10.7 Å². The number of hydrogen-bond donors (Lipinski definition) is 0. The van der Waals surface area contributed by atoms with Crippen LogP contribution in [0.1, 0.15) is 0 Å². The van der Waals surface area contributed by atoms with Crippen LogP contribution in [0, 0.1) is 0 Å². The zero-order valence-electron chi connectivity index (χ0n) is 7.72. The fourth-order valence-electron chi connectivity index (χ4n) is 1.56. The molecule has 0 aliphatic carbocycles. The number of hydrogen-bond acceptors (Lipinski definition) is 2. The summed E-state index contributed by atoms with van der Waals surface area (Å²) < 4.78 is 3.23. The molecular weight excluding hydrogens is 272 g/mol. The highest BCUT2D eigenvalue weighted by molar-refractivity contribution is 9.11. The lowest BCUT2D eigenvalue weighted by molar-refractivity contribution is 1.17. The molecule has 0 radical (unpaired) electrons. The summed E-state index contributed by atoms with van der Waals surface area (Å²) in [4.78, 5) is 5.61. The van der Waals surface area contributed by atoms with Gasteiger partial charge in [-0.15, -0.1) is 11.3 Å². The van der Waals surface area contributed by atoms with Gasteiger partial charge in [0.2, 0.25) is 0 Å². The van der Waals surface area contributed by atoms with E-state index in [1.165, 1.54) is 4.88 Å². The summed E-state index contributed by atoms with van der Waals surface area (Å²) in [5, 5.41) is 0. The maximum atomic E-state index is 4.43. The second-order valence-corrected chi connectivity index (χ2v) is 5.64. The first kappa shape index (κ1) is 9.12. The van der Waals surface area contributed by atoms with E-state index in [1.54, 1.807) is 11.3 Å². The molecule has 3 rings (SSSR count). The molecule has 2 nitrogen and oxygen atoms in total. The van der Waals surface area contributed by atoms with Crippen molar-refractivity contribution >= 4 is 32.8 Å². The Morgan fingerprint density at radius 2 is 2.13 bits per heavy atom. The third kappa shape index (κ3) is 1.50. The SMILES string of the molecule is Brc1ccc(-c2ncc3ccccn23)s1. The van der Waals surface area contributed by atoms with Crippen LogP contribution in [0.25, 0.3) is 16.2 Å². The highest BCUT2D eigenvalue weighted by Gasteiger charge is 2.07. The van der Waals surface area contributed by atoms with Crippen molar-refractivity contribution in [2.24, 2.45) is 0 Å². The van der Waals surface area contributed by atoms with Crippen LogP contribution in [0.5, 0.6) is 0 Å². The lowest BCUT2D eigenvalue weighted by atomic mass is 10.4. The van der Waals surface area contributed by atoms with Gasteiger partial charge in [0, 0.05) is 6.20 Å². The molecule has 15 heavy (non-hydrogen) atoms. The second-order valence-electron chi connectivity index (χ2n) is 3.18. The van der Waals surface area contributed by atoms with E-state index in [4.69, 9.17) is 0 Å². The van der Waals surface area contributed by atoms with Crippen LogP contribution in [0.3, 0.4) is 0 Å². The minimum absolute atomic E-state index is 1.00. The summed E-state index contributed by atoms with van der Waals surface area (Å²) in [6, 6.07) is 10.2. The van der Waals surface area contributed by atoms with Crippen molar-refractivity contribution in [1.29, 1.82) is 0 Å². The number of imidazole rings is 1. The predicted molar refractivity (Wildman–Crippen MR) is 66.2 cm³/mol. The van der Waals surface area contributed by atoms with Gasteiger partial charge >= 0.3 is 0 Å². The summed E-state index contributed by atoms with van der Waals surface area (Å²) in [6.45, 7) is 0. The van der Waals surface area contributed by atoms with Gasteiger partial charge in [-0.1, -0.05) is 6.07 Å². The van der Waals surface area contributed by atoms with Gasteiger partial charge in [-0.25, -0.2) is 4.98 Å². The van der Waals surface area contributed by atoms with Crippen LogP contribution in [-0.4, -0.2) is 9.38 Å². The van der Waals surface area contributed by atoms with Crippen LogP contribution in [0.4, 0.5) is 0 Å². The minimum Gasteiger partial charge on any atom is -0.299 e. The van der Waals surface area contributed by atoms with Crippen molar-refractivity contribution in [1.82, 2.24) is 9.38 Å². The lowest BCUT2D eigenvalue weighted by Gasteiger charge is -1.96. The molecule has 3 aromatic heterocycles. The van der Waals surface area contributed by atoms with E-state index in [2.05, 4.69) is 37.4 Å². The first-order valence-electron chi connectivity index (χ1n) is 4.52. The minimum atomic E-state index is 1.00. The number of thiophene rings is 1. The number of nitrogens with zero attached hydrogens (tertiary/aromatic N) is 2. The van der Waals surface area contributed by atoms with Crippen molar-refractivity contribution in [2.45, 2.75) is 0 Å². The molecular formula is C11H7BrN2S. The van der Waals surface area contributed by atoms with E-state index in [1.807, 2.05) is 30.6 Å². The molecule has 0 N–H and O–H groups in total. The molecule has 0 fully saturated rings. The standard InChI is InChI=1S/C11H7BrN2S/c12-10-5-4-9(15-10)11-13-7-8-3-1-2-6-14(8)11/h1-7H. The maximum Gasteiger partial charge on any atom is 0.154 e. The Hall–Kier alpha value is -1.13. The third-order valence-corrected chi connectivity index (χ3v) is 3.85. The fourth-order valence-corrected chi connectivity index (χ4v) is 2.94. The molecule has 0 amide bonds. The smallest absolute Gasteiger partial charge is 0.154 e. The average Bonchev–Trinajstić information content (AvgIpc) is 2.83. The molecule has 0 saturated carbocycles. The van der Waals surface area contributed by atoms with E-state index in [-0.39, 0.29) is 0 Å². The van der Waals surface area contributed by atoms with Crippen molar-refractivity contribution < 1.29 is 0 Å². The molecule has 0 aliphatic rings. The largest absolute Gasteiger partial charge is 0.299 e. The van der Waals surface area contributed by atoms with Crippen molar-refractivity contribution in [3.05, 3.63) is 46.5 Å². The van der Waals surface area contributed by atoms with Gasteiger partial charge in [0.25, 0.3) is 0 Å². The number of aromatic nitrogens is 2. The third-order valence-electron chi connectivity index (χ3n) is 2.23. The average molecular weight is 279 g/mol. The molecule has 3 heterocycles. The van der Waals surface area contributed by atoms with Crippen LogP contribution >= 0.6 is 27.3 Å². The lowest BCUT2D eigenvalue weighted by Crippen LogP contribution is -1.85. The number of fused-ring (bicyclic) bond motifs is 1. The Kier molecular flexibility index (Phi) is 2.11. The quantitative estimate of drug-likeness (QED) is 0.661. The molecule has 0 saturated heterocycles. The first-order chi connectivity index (χ1) is 7.34. The number of rotatable bonds is 1. The highest BCUT2D eigenvalue weighted by atomic mass is 79.9.